The van der Waals surface area contributed by atoms with E-state index in [2.05, 4.69) is 15.4 Å². The molecule has 152 valence electrons. The molecule has 0 fully saturated rings. The molecule has 0 aliphatic carbocycles. The summed E-state index contributed by atoms with van der Waals surface area (Å²) >= 11 is 0. The molecule has 2 aromatic carbocycles. The van der Waals surface area contributed by atoms with Crippen molar-refractivity contribution in [3.63, 3.8) is 0 Å². The molecule has 1 aromatic heterocycles. The molecule has 9 heteroatoms. The Bertz CT molecular complexity index is 971. The highest BCUT2D eigenvalue weighted by molar-refractivity contribution is 6.02. The van der Waals surface area contributed by atoms with Gasteiger partial charge in [0.25, 0.3) is 5.91 Å². The molecule has 3 aromatic rings. The van der Waals surface area contributed by atoms with Crippen LogP contribution < -0.4 is 19.5 Å². The Hall–Kier alpha value is -3.59. The van der Waals surface area contributed by atoms with Gasteiger partial charge in [-0.3, -0.25) is 4.79 Å². The first-order valence-corrected chi connectivity index (χ1v) is 8.79. The molecule has 1 amide bonds. The highest BCUT2D eigenvalue weighted by atomic mass is 16.5. The minimum absolute atomic E-state index is 0.0233. The number of rotatable bonds is 8. The molecule has 0 radical (unpaired) electrons. The van der Waals surface area contributed by atoms with Crippen molar-refractivity contribution >= 4 is 11.6 Å². The Morgan fingerprint density at radius 3 is 2.41 bits per heavy atom. The van der Waals surface area contributed by atoms with Crippen molar-refractivity contribution in [2.45, 2.75) is 12.6 Å². The van der Waals surface area contributed by atoms with E-state index < -0.39 is 12.0 Å². The number of methoxy groups -OCH3 is 3. The average Bonchev–Trinajstić information content (AvgIpc) is 3.22. The number of carbonyl (C=O) groups is 1. The zero-order chi connectivity index (χ0) is 20.8. The number of aromatic nitrogens is 3. The number of anilines is 1. The highest BCUT2D eigenvalue weighted by Gasteiger charge is 2.16. The summed E-state index contributed by atoms with van der Waals surface area (Å²) in [6.45, 7) is 0.151. The van der Waals surface area contributed by atoms with E-state index in [1.165, 1.54) is 18.1 Å². The molecular formula is C20H22N4O5. The summed E-state index contributed by atoms with van der Waals surface area (Å²) in [6, 6.07) is 12.1. The minimum Gasteiger partial charge on any atom is -0.497 e. The van der Waals surface area contributed by atoms with Crippen LogP contribution in [0.1, 0.15) is 22.3 Å². The summed E-state index contributed by atoms with van der Waals surface area (Å²) in [7, 11) is 4.62. The Labute approximate surface area is 167 Å². The predicted molar refractivity (Wildman–Crippen MR) is 105 cm³/mol. The van der Waals surface area contributed by atoms with Crippen LogP contribution in [0.3, 0.4) is 0 Å². The van der Waals surface area contributed by atoms with E-state index in [1.54, 1.807) is 56.7 Å². The number of ether oxygens (including phenoxy) is 3. The Morgan fingerprint density at radius 2 is 1.76 bits per heavy atom. The molecule has 0 bridgehead atoms. The number of benzene rings is 2. The molecule has 0 aliphatic rings. The maximum Gasteiger partial charge on any atom is 0.295 e. The van der Waals surface area contributed by atoms with Gasteiger partial charge in [-0.05, 0) is 29.8 Å². The SMILES string of the molecule is COc1ccc([C@H](O)Cn2cnc(C(=O)Nc3ccc(OC)cc3OC)n2)cc1. The van der Waals surface area contributed by atoms with Crippen molar-refractivity contribution < 1.29 is 24.1 Å². The molecule has 29 heavy (non-hydrogen) atoms. The van der Waals surface area contributed by atoms with Crippen LogP contribution in [0.4, 0.5) is 5.69 Å². The first-order chi connectivity index (χ1) is 14.0. The van der Waals surface area contributed by atoms with Crippen molar-refractivity contribution in [1.82, 2.24) is 14.8 Å². The molecule has 1 heterocycles. The molecule has 2 N–H and O–H groups in total. The van der Waals surface area contributed by atoms with Gasteiger partial charge in [0, 0.05) is 6.07 Å². The van der Waals surface area contributed by atoms with Crippen LogP contribution >= 0.6 is 0 Å². The molecule has 1 atom stereocenters. The van der Waals surface area contributed by atoms with Crippen molar-refractivity contribution in [3.05, 3.63) is 60.2 Å². The van der Waals surface area contributed by atoms with Crippen LogP contribution in [0, 0.1) is 0 Å². The fraction of sp³-hybridized carbons (Fsp3) is 0.250. The summed E-state index contributed by atoms with van der Waals surface area (Å²) in [5.41, 5.74) is 1.17. The maximum atomic E-state index is 12.5. The van der Waals surface area contributed by atoms with Crippen molar-refractivity contribution in [1.29, 1.82) is 0 Å². The van der Waals surface area contributed by atoms with Crippen molar-refractivity contribution in [3.8, 4) is 17.2 Å². The quantitative estimate of drug-likeness (QED) is 0.599. The predicted octanol–water partition coefficient (Wildman–Crippen LogP) is 2.29. The van der Waals surface area contributed by atoms with Gasteiger partial charge in [0.15, 0.2) is 0 Å². The van der Waals surface area contributed by atoms with Gasteiger partial charge >= 0.3 is 0 Å². The van der Waals surface area contributed by atoms with Gasteiger partial charge < -0.3 is 24.6 Å². The number of nitrogens with zero attached hydrogens (tertiary/aromatic N) is 3. The summed E-state index contributed by atoms with van der Waals surface area (Å²) in [5, 5.41) is 17.2. The normalized spacial score (nSPS) is 11.6. The minimum atomic E-state index is -0.805. The fourth-order valence-electron chi connectivity index (χ4n) is 2.68. The van der Waals surface area contributed by atoms with Crippen LogP contribution in [-0.2, 0) is 6.54 Å². The lowest BCUT2D eigenvalue weighted by Gasteiger charge is -2.11. The number of carbonyl (C=O) groups excluding carboxylic acids is 1. The van der Waals surface area contributed by atoms with Gasteiger partial charge in [-0.2, -0.15) is 0 Å². The fourth-order valence-corrected chi connectivity index (χ4v) is 2.68. The molecule has 9 nitrogen and oxygen atoms in total. The van der Waals surface area contributed by atoms with E-state index in [1.807, 2.05) is 0 Å². The topological polar surface area (TPSA) is 108 Å². The van der Waals surface area contributed by atoms with Gasteiger partial charge in [0.05, 0.1) is 39.7 Å². The van der Waals surface area contributed by atoms with Crippen LogP contribution in [0.5, 0.6) is 17.2 Å². The second-order valence-corrected chi connectivity index (χ2v) is 6.10. The van der Waals surface area contributed by atoms with E-state index in [9.17, 15) is 9.90 Å². The van der Waals surface area contributed by atoms with Gasteiger partial charge in [-0.25, -0.2) is 9.67 Å². The first-order valence-electron chi connectivity index (χ1n) is 8.79. The van der Waals surface area contributed by atoms with Crippen LogP contribution in [0.25, 0.3) is 0 Å². The lowest BCUT2D eigenvalue weighted by atomic mass is 10.1. The number of aliphatic hydroxyl groups excluding tert-OH is 1. The zero-order valence-electron chi connectivity index (χ0n) is 16.3. The standard InChI is InChI=1S/C20H22N4O5/c1-27-14-6-4-13(5-7-14)17(25)11-24-12-21-19(23-24)20(26)22-16-9-8-15(28-2)10-18(16)29-3/h4-10,12,17,25H,11H2,1-3H3,(H,22,26)/t17-/m1/s1. The lowest BCUT2D eigenvalue weighted by Crippen LogP contribution is -2.16. The Kier molecular flexibility index (Phi) is 6.30. The van der Waals surface area contributed by atoms with Gasteiger partial charge in [-0.1, -0.05) is 12.1 Å². The molecule has 0 saturated carbocycles. The zero-order valence-corrected chi connectivity index (χ0v) is 16.3. The molecule has 3 rings (SSSR count). The summed E-state index contributed by atoms with van der Waals surface area (Å²) < 4.78 is 16.9. The number of amides is 1. The van der Waals surface area contributed by atoms with Crippen molar-refractivity contribution in [2.24, 2.45) is 0 Å². The van der Waals surface area contributed by atoms with Gasteiger partial charge in [-0.15, -0.1) is 5.10 Å². The second kappa shape index (κ2) is 9.07. The molecule has 0 spiro atoms. The van der Waals surface area contributed by atoms with Crippen molar-refractivity contribution in [2.75, 3.05) is 26.6 Å². The van der Waals surface area contributed by atoms with E-state index in [4.69, 9.17) is 14.2 Å². The largest absolute Gasteiger partial charge is 0.497 e. The Balaban J connectivity index is 1.66. The van der Waals surface area contributed by atoms with Crippen LogP contribution in [0.2, 0.25) is 0 Å². The molecule has 0 unspecified atom stereocenters. The van der Waals surface area contributed by atoms with Gasteiger partial charge in [0.1, 0.15) is 23.6 Å². The molecule has 0 saturated heterocycles. The van der Waals surface area contributed by atoms with Gasteiger partial charge in [0.2, 0.25) is 5.82 Å². The summed E-state index contributed by atoms with van der Waals surface area (Å²) in [6.07, 6.45) is 0.590. The third-order valence-corrected chi connectivity index (χ3v) is 4.26. The van der Waals surface area contributed by atoms with E-state index >= 15 is 0 Å². The molecular weight excluding hydrogens is 376 g/mol. The number of hydrogen-bond acceptors (Lipinski definition) is 7. The second-order valence-electron chi connectivity index (χ2n) is 6.10. The smallest absolute Gasteiger partial charge is 0.295 e. The number of aliphatic hydroxyl groups is 1. The number of hydrogen-bond donors (Lipinski definition) is 2. The van der Waals surface area contributed by atoms with E-state index in [0.29, 0.717) is 28.5 Å². The summed E-state index contributed by atoms with van der Waals surface area (Å²) in [4.78, 5) is 16.5. The van der Waals surface area contributed by atoms with E-state index in [-0.39, 0.29) is 12.4 Å². The molecule has 0 aliphatic heterocycles. The maximum absolute atomic E-state index is 12.5. The van der Waals surface area contributed by atoms with Crippen LogP contribution in [-0.4, -0.2) is 47.1 Å². The third kappa shape index (κ3) is 4.82. The Morgan fingerprint density at radius 1 is 1.07 bits per heavy atom. The highest BCUT2D eigenvalue weighted by Crippen LogP contribution is 2.29. The average molecular weight is 398 g/mol. The summed E-state index contributed by atoms with van der Waals surface area (Å²) in [5.74, 6) is 1.24. The van der Waals surface area contributed by atoms with E-state index in [0.717, 1.165) is 0 Å². The first kappa shape index (κ1) is 20.2. The third-order valence-electron chi connectivity index (χ3n) is 4.26. The number of nitrogens with one attached hydrogen (secondary N) is 1. The van der Waals surface area contributed by atoms with Crippen LogP contribution in [0.15, 0.2) is 48.8 Å². The monoisotopic (exact) mass is 398 g/mol. The lowest BCUT2D eigenvalue weighted by molar-refractivity contribution is 0.101.